The summed E-state index contributed by atoms with van der Waals surface area (Å²) >= 11 is 0. The molecule has 0 unspecified atom stereocenters. The smallest absolute Gasteiger partial charge is 0.248 e. The third kappa shape index (κ3) is 11.8. The first-order chi connectivity index (χ1) is 11.1. The first-order valence-corrected chi connectivity index (χ1v) is 8.53. The summed E-state index contributed by atoms with van der Waals surface area (Å²) in [6.07, 6.45) is 0.822. The van der Waals surface area contributed by atoms with Crippen LogP contribution in [0, 0.1) is 5.92 Å². The maximum absolute atomic E-state index is 11.9. The molecular weight excluding hydrogens is 290 g/mol. The number of hydrogen-bond acceptors (Lipinski definition) is 3. The van der Waals surface area contributed by atoms with E-state index in [1.165, 1.54) is 0 Å². The molecule has 0 aromatic heterocycles. The normalized spacial score (nSPS) is 10.2. The molecular formula is C19H33NO3. The number of amides is 1. The van der Waals surface area contributed by atoms with Crippen LogP contribution in [0.15, 0.2) is 30.3 Å². The molecule has 0 radical (unpaired) electrons. The zero-order valence-corrected chi connectivity index (χ0v) is 15.4. The number of benzene rings is 1. The Morgan fingerprint density at radius 1 is 1.09 bits per heavy atom. The Morgan fingerprint density at radius 3 is 2.30 bits per heavy atom. The molecule has 1 amide bonds. The summed E-state index contributed by atoms with van der Waals surface area (Å²) in [6, 6.07) is 9.94. The van der Waals surface area contributed by atoms with E-state index < -0.39 is 0 Å². The highest BCUT2D eigenvalue weighted by molar-refractivity contribution is 5.77. The van der Waals surface area contributed by atoms with Crippen LogP contribution < -0.4 is 0 Å². The molecule has 0 aliphatic carbocycles. The van der Waals surface area contributed by atoms with Crippen molar-refractivity contribution in [1.82, 2.24) is 4.90 Å². The zero-order chi connectivity index (χ0) is 17.5. The predicted molar refractivity (Wildman–Crippen MR) is 95.4 cm³/mol. The summed E-state index contributed by atoms with van der Waals surface area (Å²) in [6.45, 7) is 11.0. The first kappa shape index (κ1) is 21.6. The average molecular weight is 323 g/mol. The SMILES string of the molecule is CC.CC(C)COCCCOCC(=O)N(C)Cc1ccccc1. The molecule has 0 aliphatic rings. The molecule has 1 rings (SSSR count). The highest BCUT2D eigenvalue weighted by atomic mass is 16.5. The minimum absolute atomic E-state index is 0.00181. The van der Waals surface area contributed by atoms with E-state index in [0.717, 1.165) is 18.6 Å². The van der Waals surface area contributed by atoms with Crippen molar-refractivity contribution in [3.63, 3.8) is 0 Å². The Kier molecular flexibility index (Phi) is 13.4. The van der Waals surface area contributed by atoms with Crippen molar-refractivity contribution in [2.24, 2.45) is 5.92 Å². The summed E-state index contributed by atoms with van der Waals surface area (Å²) in [7, 11) is 1.80. The maximum Gasteiger partial charge on any atom is 0.248 e. The van der Waals surface area contributed by atoms with Crippen LogP contribution in [-0.4, -0.2) is 44.3 Å². The molecule has 0 aliphatic heterocycles. The van der Waals surface area contributed by atoms with Crippen LogP contribution in [0.4, 0.5) is 0 Å². The number of nitrogens with zero attached hydrogens (tertiary/aromatic N) is 1. The number of ether oxygens (including phenoxy) is 2. The van der Waals surface area contributed by atoms with Crippen molar-refractivity contribution in [2.75, 3.05) is 33.5 Å². The number of carbonyl (C=O) groups is 1. The van der Waals surface area contributed by atoms with Crippen LogP contribution in [-0.2, 0) is 20.8 Å². The Hall–Kier alpha value is -1.39. The number of rotatable bonds is 10. The summed E-state index contributed by atoms with van der Waals surface area (Å²) in [5.74, 6) is 0.557. The van der Waals surface area contributed by atoms with Gasteiger partial charge in [-0.3, -0.25) is 4.79 Å². The van der Waals surface area contributed by atoms with Gasteiger partial charge in [0.25, 0.3) is 0 Å². The molecule has 0 N–H and O–H groups in total. The van der Waals surface area contributed by atoms with E-state index in [1.54, 1.807) is 11.9 Å². The molecule has 0 saturated carbocycles. The minimum Gasteiger partial charge on any atom is -0.381 e. The largest absolute Gasteiger partial charge is 0.381 e. The number of likely N-dealkylation sites (N-methyl/N-ethyl adjacent to an activating group) is 1. The Bertz CT molecular complexity index is 393. The summed E-state index contributed by atoms with van der Waals surface area (Å²) < 4.78 is 10.8. The third-order valence-electron chi connectivity index (χ3n) is 2.94. The van der Waals surface area contributed by atoms with Crippen LogP contribution in [0.3, 0.4) is 0 Å². The van der Waals surface area contributed by atoms with E-state index in [1.807, 2.05) is 44.2 Å². The molecule has 23 heavy (non-hydrogen) atoms. The Labute approximate surface area is 141 Å². The summed E-state index contributed by atoms with van der Waals surface area (Å²) in [4.78, 5) is 13.6. The molecule has 0 spiro atoms. The van der Waals surface area contributed by atoms with E-state index in [2.05, 4.69) is 13.8 Å². The van der Waals surface area contributed by atoms with Gasteiger partial charge in [-0.15, -0.1) is 0 Å². The van der Waals surface area contributed by atoms with Gasteiger partial charge in [-0.1, -0.05) is 58.0 Å². The van der Waals surface area contributed by atoms with Crippen molar-refractivity contribution in [2.45, 2.75) is 40.7 Å². The lowest BCUT2D eigenvalue weighted by Crippen LogP contribution is -2.30. The molecule has 0 heterocycles. The third-order valence-corrected chi connectivity index (χ3v) is 2.94. The van der Waals surface area contributed by atoms with Gasteiger partial charge in [0.05, 0.1) is 0 Å². The zero-order valence-electron chi connectivity index (χ0n) is 15.4. The fourth-order valence-electron chi connectivity index (χ4n) is 1.80. The van der Waals surface area contributed by atoms with Crippen LogP contribution >= 0.6 is 0 Å². The van der Waals surface area contributed by atoms with Crippen LogP contribution in [0.1, 0.15) is 39.7 Å². The molecule has 1 aromatic carbocycles. The number of carbonyl (C=O) groups excluding carboxylic acids is 1. The molecule has 0 bridgehead atoms. The van der Waals surface area contributed by atoms with Crippen molar-refractivity contribution in [1.29, 1.82) is 0 Å². The first-order valence-electron chi connectivity index (χ1n) is 8.53. The number of hydrogen-bond donors (Lipinski definition) is 0. The molecule has 4 nitrogen and oxygen atoms in total. The lowest BCUT2D eigenvalue weighted by atomic mass is 10.2. The van der Waals surface area contributed by atoms with Gasteiger partial charge in [-0.25, -0.2) is 0 Å². The topological polar surface area (TPSA) is 38.8 Å². The fourth-order valence-corrected chi connectivity index (χ4v) is 1.80. The van der Waals surface area contributed by atoms with Crippen molar-refractivity contribution >= 4 is 5.91 Å². The highest BCUT2D eigenvalue weighted by Gasteiger charge is 2.08. The van der Waals surface area contributed by atoms with Gasteiger partial charge in [-0.05, 0) is 17.9 Å². The molecule has 0 atom stereocenters. The van der Waals surface area contributed by atoms with Gasteiger partial charge in [0, 0.05) is 33.4 Å². The molecule has 1 aromatic rings. The highest BCUT2D eigenvalue weighted by Crippen LogP contribution is 2.03. The second-order valence-corrected chi connectivity index (χ2v) is 5.61. The van der Waals surface area contributed by atoms with Crippen LogP contribution in [0.2, 0.25) is 0 Å². The van der Waals surface area contributed by atoms with E-state index in [9.17, 15) is 4.79 Å². The van der Waals surface area contributed by atoms with Crippen molar-refractivity contribution in [3.05, 3.63) is 35.9 Å². The molecule has 4 heteroatoms. The van der Waals surface area contributed by atoms with E-state index in [-0.39, 0.29) is 12.5 Å². The van der Waals surface area contributed by atoms with Gasteiger partial charge in [0.15, 0.2) is 0 Å². The van der Waals surface area contributed by atoms with Gasteiger partial charge < -0.3 is 14.4 Å². The monoisotopic (exact) mass is 323 g/mol. The lowest BCUT2D eigenvalue weighted by Gasteiger charge is -2.17. The van der Waals surface area contributed by atoms with Gasteiger partial charge >= 0.3 is 0 Å². The van der Waals surface area contributed by atoms with E-state index in [0.29, 0.717) is 25.7 Å². The quantitative estimate of drug-likeness (QED) is 0.616. The van der Waals surface area contributed by atoms with Crippen molar-refractivity contribution < 1.29 is 14.3 Å². The second-order valence-electron chi connectivity index (χ2n) is 5.61. The Balaban J connectivity index is 0.00000232. The summed E-state index contributed by atoms with van der Waals surface area (Å²) in [5, 5.41) is 0. The van der Waals surface area contributed by atoms with E-state index in [4.69, 9.17) is 9.47 Å². The minimum atomic E-state index is 0.00181. The standard InChI is InChI=1S/C17H27NO3.C2H6/c1-15(2)13-20-10-7-11-21-14-17(19)18(3)12-16-8-5-4-6-9-16;1-2/h4-6,8-9,15H,7,10-14H2,1-3H3;1-2H3. The predicted octanol–water partition coefficient (Wildman–Crippen LogP) is 3.75. The van der Waals surface area contributed by atoms with Crippen LogP contribution in [0.25, 0.3) is 0 Å². The molecule has 0 saturated heterocycles. The maximum atomic E-state index is 11.9. The average Bonchev–Trinajstić information content (AvgIpc) is 2.56. The van der Waals surface area contributed by atoms with Crippen molar-refractivity contribution in [3.8, 4) is 0 Å². The van der Waals surface area contributed by atoms with Gasteiger partial charge in [0.2, 0.25) is 5.91 Å². The summed E-state index contributed by atoms with van der Waals surface area (Å²) in [5.41, 5.74) is 1.12. The van der Waals surface area contributed by atoms with Crippen LogP contribution in [0.5, 0.6) is 0 Å². The second kappa shape index (κ2) is 14.2. The Morgan fingerprint density at radius 2 is 1.70 bits per heavy atom. The van der Waals surface area contributed by atoms with Gasteiger partial charge in [0.1, 0.15) is 6.61 Å². The van der Waals surface area contributed by atoms with E-state index >= 15 is 0 Å². The fraction of sp³-hybridized carbons (Fsp3) is 0.632. The van der Waals surface area contributed by atoms with Gasteiger partial charge in [-0.2, -0.15) is 0 Å². The molecule has 0 fully saturated rings. The lowest BCUT2D eigenvalue weighted by molar-refractivity contribution is -0.135. The molecule has 132 valence electrons.